The number of hydrogen-bond acceptors (Lipinski definition) is 8. The van der Waals surface area contributed by atoms with E-state index in [-0.39, 0.29) is 38.7 Å². The average molecular weight is 635 g/mol. The Morgan fingerprint density at radius 1 is 1.19 bits per heavy atom. The zero-order valence-electron chi connectivity index (χ0n) is 21.7. The van der Waals surface area contributed by atoms with Crippen molar-refractivity contribution in [3.05, 3.63) is 32.9 Å². The summed E-state index contributed by atoms with van der Waals surface area (Å²) in [4.78, 5) is 27.5. The van der Waals surface area contributed by atoms with Crippen molar-refractivity contribution in [1.82, 2.24) is 10.2 Å². The van der Waals surface area contributed by atoms with Gasteiger partial charge >= 0.3 is 0 Å². The van der Waals surface area contributed by atoms with Crippen molar-refractivity contribution in [2.24, 2.45) is 0 Å². The van der Waals surface area contributed by atoms with E-state index in [1.54, 1.807) is 23.1 Å². The van der Waals surface area contributed by atoms with Crippen molar-refractivity contribution >= 4 is 34.4 Å². The van der Waals surface area contributed by atoms with E-state index in [0.717, 1.165) is 25.7 Å². The second kappa shape index (κ2) is 16.1. The first-order chi connectivity index (χ1) is 17.8. The number of benzene rings is 1. The molecule has 10 nitrogen and oxygen atoms in total. The number of rotatable bonds is 15. The van der Waals surface area contributed by atoms with Crippen LogP contribution in [-0.2, 0) is 20.9 Å². The minimum Gasteiger partial charge on any atom is -0.493 e. The summed E-state index contributed by atoms with van der Waals surface area (Å²) in [5.74, 6) is 0.0474. The third kappa shape index (κ3) is 8.81. The molecular formula is C26H39IN2O8. The number of carbonyl (C=O) groups excluding carboxylic acids is 2. The van der Waals surface area contributed by atoms with Crippen molar-refractivity contribution < 1.29 is 39.1 Å². The van der Waals surface area contributed by atoms with Gasteiger partial charge in [-0.3, -0.25) is 9.59 Å². The standard InChI is InChI=1S/C26H39IN2O8/c1-4-5-6-7-9-29(23(32)16-35-2)20-13-18(26(34)28-8-10-30)14-21(24(20)33)37-25-19(27)11-17(15-31)12-22(25)36-3/h11-12,14,20-21,24,30-31,33H,4-10,13,15-16H2,1-3H3,(H,28,34). The molecule has 0 saturated heterocycles. The summed E-state index contributed by atoms with van der Waals surface area (Å²) in [6, 6.07) is 2.66. The summed E-state index contributed by atoms with van der Waals surface area (Å²) >= 11 is 2.06. The van der Waals surface area contributed by atoms with E-state index < -0.39 is 24.2 Å². The number of aliphatic hydroxyl groups excluding tert-OH is 3. The summed E-state index contributed by atoms with van der Waals surface area (Å²) < 4.78 is 17.4. The van der Waals surface area contributed by atoms with Gasteiger partial charge in [-0.25, -0.2) is 0 Å². The lowest BCUT2D eigenvalue weighted by molar-refractivity contribution is -0.142. The SMILES string of the molecule is CCCCCCN(C(=O)COC)C1CC(C(=O)NCCO)=CC(Oc2c(I)cc(CO)cc2OC)C1O. The zero-order chi connectivity index (χ0) is 27.4. The molecule has 0 saturated carbocycles. The van der Waals surface area contributed by atoms with Gasteiger partial charge in [0.25, 0.3) is 0 Å². The summed E-state index contributed by atoms with van der Waals surface area (Å²) in [6.07, 6.45) is 3.33. The quantitative estimate of drug-likeness (QED) is 0.169. The van der Waals surface area contributed by atoms with Crippen LogP contribution in [0, 0.1) is 3.57 Å². The van der Waals surface area contributed by atoms with Crippen LogP contribution in [0.15, 0.2) is 23.8 Å². The molecule has 3 atom stereocenters. The first-order valence-corrected chi connectivity index (χ1v) is 13.6. The Morgan fingerprint density at radius 3 is 2.57 bits per heavy atom. The van der Waals surface area contributed by atoms with Gasteiger partial charge in [0.05, 0.1) is 29.9 Å². The minimum atomic E-state index is -1.14. The molecular weight excluding hydrogens is 595 g/mol. The van der Waals surface area contributed by atoms with Gasteiger partial charge in [0.2, 0.25) is 11.8 Å². The Bertz CT molecular complexity index is 926. The number of methoxy groups -OCH3 is 2. The number of carbonyl (C=O) groups is 2. The normalized spacial score (nSPS) is 19.2. The molecule has 11 heteroatoms. The molecule has 0 spiro atoms. The maximum atomic E-state index is 13.0. The largest absolute Gasteiger partial charge is 0.493 e. The molecule has 1 aliphatic carbocycles. The van der Waals surface area contributed by atoms with Gasteiger partial charge in [-0.1, -0.05) is 26.2 Å². The summed E-state index contributed by atoms with van der Waals surface area (Å²) in [5, 5.41) is 32.8. The molecule has 2 rings (SSSR count). The zero-order valence-corrected chi connectivity index (χ0v) is 23.9. The predicted octanol–water partition coefficient (Wildman–Crippen LogP) is 1.76. The lowest BCUT2D eigenvalue weighted by Crippen LogP contribution is -2.56. The van der Waals surface area contributed by atoms with Gasteiger partial charge < -0.3 is 39.7 Å². The second-order valence-electron chi connectivity index (χ2n) is 8.86. The van der Waals surface area contributed by atoms with Gasteiger partial charge in [0.15, 0.2) is 11.5 Å². The Morgan fingerprint density at radius 2 is 1.95 bits per heavy atom. The van der Waals surface area contributed by atoms with Crippen LogP contribution in [0.5, 0.6) is 11.5 Å². The van der Waals surface area contributed by atoms with Gasteiger partial charge in [-0.05, 0) is 52.8 Å². The third-order valence-electron chi connectivity index (χ3n) is 6.18. The van der Waals surface area contributed by atoms with Crippen molar-refractivity contribution in [1.29, 1.82) is 0 Å². The fourth-order valence-corrected chi connectivity index (χ4v) is 5.08. The summed E-state index contributed by atoms with van der Waals surface area (Å²) in [6.45, 7) is 2.05. The molecule has 2 amide bonds. The molecule has 4 N–H and O–H groups in total. The van der Waals surface area contributed by atoms with Crippen LogP contribution >= 0.6 is 22.6 Å². The van der Waals surface area contributed by atoms with Gasteiger partial charge in [-0.2, -0.15) is 0 Å². The maximum absolute atomic E-state index is 13.0. The monoisotopic (exact) mass is 634 g/mol. The molecule has 1 aliphatic rings. The maximum Gasteiger partial charge on any atom is 0.248 e. The highest BCUT2D eigenvalue weighted by atomic mass is 127. The Balaban J connectivity index is 2.45. The Kier molecular flexibility index (Phi) is 13.6. The molecule has 208 valence electrons. The third-order valence-corrected chi connectivity index (χ3v) is 6.98. The molecule has 0 heterocycles. The van der Waals surface area contributed by atoms with E-state index in [2.05, 4.69) is 34.8 Å². The van der Waals surface area contributed by atoms with Crippen LogP contribution < -0.4 is 14.8 Å². The summed E-state index contributed by atoms with van der Waals surface area (Å²) in [5.41, 5.74) is 0.983. The Labute approximate surface area is 232 Å². The van der Waals surface area contributed by atoms with E-state index >= 15 is 0 Å². The van der Waals surface area contributed by atoms with Crippen LogP contribution in [0.1, 0.15) is 44.6 Å². The lowest BCUT2D eigenvalue weighted by Gasteiger charge is -2.40. The number of unbranched alkanes of at least 4 members (excludes halogenated alkanes) is 3. The molecule has 0 radical (unpaired) electrons. The number of hydrogen-bond donors (Lipinski definition) is 4. The Hall–Kier alpha value is -1.93. The van der Waals surface area contributed by atoms with Crippen molar-refractivity contribution in [2.75, 3.05) is 40.5 Å². The number of nitrogens with one attached hydrogen (secondary N) is 1. The number of aliphatic hydroxyl groups is 3. The van der Waals surface area contributed by atoms with E-state index in [1.165, 1.54) is 14.2 Å². The molecule has 3 unspecified atom stereocenters. The highest BCUT2D eigenvalue weighted by Crippen LogP contribution is 2.37. The number of amides is 2. The fraction of sp³-hybridized carbons (Fsp3) is 0.615. The number of ether oxygens (including phenoxy) is 3. The predicted molar refractivity (Wildman–Crippen MR) is 146 cm³/mol. The highest BCUT2D eigenvalue weighted by molar-refractivity contribution is 14.1. The first-order valence-electron chi connectivity index (χ1n) is 12.5. The van der Waals surface area contributed by atoms with E-state index in [0.29, 0.717) is 32.8 Å². The van der Waals surface area contributed by atoms with Crippen LogP contribution in [0.3, 0.4) is 0 Å². The molecule has 1 aromatic carbocycles. The van der Waals surface area contributed by atoms with Crippen molar-refractivity contribution in [3.63, 3.8) is 0 Å². The lowest BCUT2D eigenvalue weighted by atomic mass is 9.88. The number of nitrogens with zero attached hydrogens (tertiary/aromatic N) is 1. The second-order valence-corrected chi connectivity index (χ2v) is 10.0. The molecule has 0 fully saturated rings. The van der Waals surface area contributed by atoms with Gasteiger partial charge in [-0.15, -0.1) is 0 Å². The van der Waals surface area contributed by atoms with Crippen LogP contribution in [-0.4, -0.2) is 90.8 Å². The van der Waals surface area contributed by atoms with Crippen LogP contribution in [0.25, 0.3) is 0 Å². The topological polar surface area (TPSA) is 138 Å². The van der Waals surface area contributed by atoms with Crippen molar-refractivity contribution in [3.8, 4) is 11.5 Å². The average Bonchev–Trinajstić information content (AvgIpc) is 2.89. The molecule has 0 aromatic heterocycles. The number of halogens is 1. The molecule has 0 bridgehead atoms. The molecule has 37 heavy (non-hydrogen) atoms. The van der Waals surface area contributed by atoms with Crippen LogP contribution in [0.2, 0.25) is 0 Å². The smallest absolute Gasteiger partial charge is 0.248 e. The van der Waals surface area contributed by atoms with E-state index in [9.17, 15) is 19.8 Å². The van der Waals surface area contributed by atoms with Crippen LogP contribution in [0.4, 0.5) is 0 Å². The molecule has 1 aromatic rings. The highest BCUT2D eigenvalue weighted by Gasteiger charge is 2.40. The van der Waals surface area contributed by atoms with Crippen molar-refractivity contribution in [2.45, 2.75) is 63.9 Å². The van der Waals surface area contributed by atoms with Gasteiger partial charge in [0, 0.05) is 32.2 Å². The van der Waals surface area contributed by atoms with Gasteiger partial charge in [0.1, 0.15) is 18.8 Å². The minimum absolute atomic E-state index is 0.0760. The fourth-order valence-electron chi connectivity index (χ4n) is 4.29. The molecule has 0 aliphatic heterocycles. The summed E-state index contributed by atoms with van der Waals surface area (Å²) in [7, 11) is 2.92. The first kappa shape index (κ1) is 31.3. The van der Waals surface area contributed by atoms with E-state index in [1.807, 2.05) is 0 Å². The van der Waals surface area contributed by atoms with E-state index in [4.69, 9.17) is 19.3 Å².